The summed E-state index contributed by atoms with van der Waals surface area (Å²) in [6.45, 7) is -0.0582. The van der Waals surface area contributed by atoms with Crippen molar-refractivity contribution in [2.24, 2.45) is 0 Å². The normalized spacial score (nSPS) is 10.0. The van der Waals surface area contributed by atoms with Crippen molar-refractivity contribution in [1.82, 2.24) is 4.90 Å². The van der Waals surface area contributed by atoms with Crippen molar-refractivity contribution < 1.29 is 14.1 Å². The Hall–Kier alpha value is -2.18. The van der Waals surface area contributed by atoms with Crippen LogP contribution in [-0.4, -0.2) is 43.4 Å². The summed E-state index contributed by atoms with van der Waals surface area (Å²) >= 11 is 0. The minimum Gasteiger partial charge on any atom is -0.360 e. The number of hydrogen-bond acceptors (Lipinski definition) is 4. The van der Waals surface area contributed by atoms with Gasteiger partial charge in [-0.3, -0.25) is 14.9 Å². The first kappa shape index (κ1) is 13.9. The zero-order valence-electron chi connectivity index (χ0n) is 10.4. The van der Waals surface area contributed by atoms with Gasteiger partial charge in [0, 0.05) is 33.3 Å². The molecule has 1 amide bonds. The summed E-state index contributed by atoms with van der Waals surface area (Å²) in [6.07, 6.45) is 0. The van der Waals surface area contributed by atoms with Gasteiger partial charge in [-0.1, -0.05) is 0 Å². The highest BCUT2D eigenvalue weighted by Gasteiger charge is 2.19. The topological polar surface area (TPSA) is 66.7 Å². The summed E-state index contributed by atoms with van der Waals surface area (Å²) in [5.41, 5.74) is -0.152. The molecule has 0 aliphatic carbocycles. The number of likely N-dealkylation sites (N-methyl/N-ethyl adjacent to an activating group) is 2. The number of nitrogens with zero attached hydrogens (tertiary/aromatic N) is 3. The van der Waals surface area contributed by atoms with Crippen LogP contribution in [-0.2, 0) is 4.79 Å². The Morgan fingerprint density at radius 2 is 2.00 bits per heavy atom. The molecule has 98 valence electrons. The third-order valence-electron chi connectivity index (χ3n) is 2.42. The molecule has 0 radical (unpaired) electrons. The second-order valence-electron chi connectivity index (χ2n) is 4.03. The number of carbonyl (C=O) groups is 1. The Labute approximate surface area is 104 Å². The van der Waals surface area contributed by atoms with Crippen LogP contribution in [0.2, 0.25) is 0 Å². The van der Waals surface area contributed by atoms with Gasteiger partial charge in [-0.15, -0.1) is 0 Å². The van der Waals surface area contributed by atoms with Crippen LogP contribution in [0.5, 0.6) is 0 Å². The largest absolute Gasteiger partial charge is 0.360 e. The lowest BCUT2D eigenvalue weighted by molar-refractivity contribution is -0.384. The maximum atomic E-state index is 13.1. The van der Waals surface area contributed by atoms with Crippen molar-refractivity contribution in [2.45, 2.75) is 0 Å². The van der Waals surface area contributed by atoms with E-state index in [0.717, 1.165) is 18.2 Å². The lowest BCUT2D eigenvalue weighted by Crippen LogP contribution is -2.34. The van der Waals surface area contributed by atoms with Gasteiger partial charge in [-0.25, -0.2) is 4.39 Å². The molecule has 0 N–H and O–H groups in total. The van der Waals surface area contributed by atoms with Gasteiger partial charge >= 0.3 is 0 Å². The van der Waals surface area contributed by atoms with Crippen LogP contribution in [0.4, 0.5) is 15.8 Å². The van der Waals surface area contributed by atoms with Gasteiger partial charge in [0.15, 0.2) is 0 Å². The maximum Gasteiger partial charge on any atom is 0.292 e. The third-order valence-corrected chi connectivity index (χ3v) is 2.42. The maximum absolute atomic E-state index is 13.1. The van der Waals surface area contributed by atoms with Crippen molar-refractivity contribution in [3.05, 3.63) is 34.1 Å². The Bertz CT molecular complexity index is 477. The van der Waals surface area contributed by atoms with Crippen molar-refractivity contribution in [3.8, 4) is 0 Å². The molecule has 0 saturated heterocycles. The van der Waals surface area contributed by atoms with Gasteiger partial charge in [-0.05, 0) is 6.07 Å². The first-order chi connectivity index (χ1) is 8.32. The number of hydrogen-bond donors (Lipinski definition) is 0. The molecule has 6 nitrogen and oxygen atoms in total. The van der Waals surface area contributed by atoms with Gasteiger partial charge in [0.2, 0.25) is 5.91 Å². The molecule has 0 fully saturated rings. The Kier molecular flexibility index (Phi) is 4.19. The minimum atomic E-state index is -0.606. The van der Waals surface area contributed by atoms with Gasteiger partial charge < -0.3 is 9.80 Å². The fraction of sp³-hybridized carbons (Fsp3) is 0.364. The molecule has 0 aromatic heterocycles. The zero-order valence-corrected chi connectivity index (χ0v) is 10.4. The first-order valence-electron chi connectivity index (χ1n) is 5.18. The summed E-state index contributed by atoms with van der Waals surface area (Å²) in [5.74, 6) is -0.809. The van der Waals surface area contributed by atoms with Gasteiger partial charge in [0.1, 0.15) is 11.5 Å². The molecule has 0 spiro atoms. The van der Waals surface area contributed by atoms with Crippen LogP contribution in [0.25, 0.3) is 0 Å². The van der Waals surface area contributed by atoms with Crippen molar-refractivity contribution >= 4 is 17.3 Å². The number of nitro groups is 1. The summed E-state index contributed by atoms with van der Waals surface area (Å²) < 4.78 is 13.1. The average Bonchev–Trinajstić information content (AvgIpc) is 2.28. The summed E-state index contributed by atoms with van der Waals surface area (Å²) in [6, 6.07) is 3.14. The lowest BCUT2D eigenvalue weighted by atomic mass is 10.2. The van der Waals surface area contributed by atoms with E-state index in [0.29, 0.717) is 0 Å². The van der Waals surface area contributed by atoms with Crippen molar-refractivity contribution in [3.63, 3.8) is 0 Å². The van der Waals surface area contributed by atoms with Crippen LogP contribution >= 0.6 is 0 Å². The van der Waals surface area contributed by atoms with Gasteiger partial charge in [0.05, 0.1) is 11.5 Å². The molecule has 0 unspecified atom stereocenters. The van der Waals surface area contributed by atoms with E-state index in [-0.39, 0.29) is 23.8 Å². The summed E-state index contributed by atoms with van der Waals surface area (Å²) in [5, 5.41) is 10.8. The van der Waals surface area contributed by atoms with E-state index in [1.54, 1.807) is 14.1 Å². The van der Waals surface area contributed by atoms with Crippen LogP contribution in [0.15, 0.2) is 18.2 Å². The number of nitro benzene ring substituents is 1. The van der Waals surface area contributed by atoms with Crippen LogP contribution < -0.4 is 4.90 Å². The molecule has 0 saturated carbocycles. The number of amides is 1. The lowest BCUT2D eigenvalue weighted by Gasteiger charge is -2.20. The Morgan fingerprint density at radius 1 is 1.39 bits per heavy atom. The SMILES string of the molecule is CN(C)C(=O)CN(C)c1cc(F)ccc1[N+](=O)[O-]. The van der Waals surface area contributed by atoms with Crippen molar-refractivity contribution in [2.75, 3.05) is 32.6 Å². The number of halogens is 1. The van der Waals surface area contributed by atoms with E-state index < -0.39 is 10.7 Å². The average molecular weight is 255 g/mol. The van der Waals surface area contributed by atoms with E-state index in [4.69, 9.17) is 0 Å². The van der Waals surface area contributed by atoms with E-state index in [2.05, 4.69) is 0 Å². The zero-order chi connectivity index (χ0) is 13.9. The van der Waals surface area contributed by atoms with E-state index in [1.165, 1.54) is 16.8 Å². The number of rotatable bonds is 4. The predicted molar refractivity (Wildman–Crippen MR) is 65.0 cm³/mol. The highest BCUT2D eigenvalue weighted by atomic mass is 19.1. The molecule has 0 atom stereocenters. The van der Waals surface area contributed by atoms with Crippen LogP contribution in [0, 0.1) is 15.9 Å². The highest BCUT2D eigenvalue weighted by Crippen LogP contribution is 2.27. The minimum absolute atomic E-state index is 0.0582. The standard InChI is InChI=1S/C11H14FN3O3/c1-13(2)11(16)7-14(3)10-6-8(12)4-5-9(10)15(17)18/h4-6H,7H2,1-3H3. The highest BCUT2D eigenvalue weighted by molar-refractivity contribution is 5.82. The molecule has 1 aromatic rings. The molecule has 1 rings (SSSR count). The molecular weight excluding hydrogens is 241 g/mol. The molecule has 0 bridgehead atoms. The monoisotopic (exact) mass is 255 g/mol. The van der Waals surface area contributed by atoms with E-state index in [9.17, 15) is 19.3 Å². The third kappa shape index (κ3) is 3.16. The van der Waals surface area contributed by atoms with E-state index >= 15 is 0 Å². The van der Waals surface area contributed by atoms with Crippen LogP contribution in [0.1, 0.15) is 0 Å². The Morgan fingerprint density at radius 3 is 2.50 bits per heavy atom. The predicted octanol–water partition coefficient (Wildman–Crippen LogP) is 1.26. The number of benzene rings is 1. The van der Waals surface area contributed by atoms with Gasteiger partial charge in [-0.2, -0.15) is 0 Å². The fourth-order valence-corrected chi connectivity index (χ4v) is 1.39. The molecule has 0 aliphatic rings. The second kappa shape index (κ2) is 5.44. The molecular formula is C11H14FN3O3. The smallest absolute Gasteiger partial charge is 0.292 e. The van der Waals surface area contributed by atoms with E-state index in [1.807, 2.05) is 0 Å². The summed E-state index contributed by atoms with van der Waals surface area (Å²) in [7, 11) is 4.66. The van der Waals surface area contributed by atoms with Crippen molar-refractivity contribution in [1.29, 1.82) is 0 Å². The number of anilines is 1. The fourth-order valence-electron chi connectivity index (χ4n) is 1.39. The number of carbonyl (C=O) groups excluding carboxylic acids is 1. The first-order valence-corrected chi connectivity index (χ1v) is 5.18. The second-order valence-corrected chi connectivity index (χ2v) is 4.03. The quantitative estimate of drug-likeness (QED) is 0.600. The summed E-state index contributed by atoms with van der Waals surface area (Å²) in [4.78, 5) is 24.4. The molecule has 7 heteroatoms. The van der Waals surface area contributed by atoms with Gasteiger partial charge in [0.25, 0.3) is 5.69 Å². The molecule has 0 aliphatic heterocycles. The van der Waals surface area contributed by atoms with Crippen LogP contribution in [0.3, 0.4) is 0 Å². The molecule has 1 aromatic carbocycles. The molecule has 0 heterocycles. The molecule has 18 heavy (non-hydrogen) atoms. The Balaban J connectivity index is 3.04.